The Balaban J connectivity index is 1.45. The molecule has 0 radical (unpaired) electrons. The third-order valence-corrected chi connectivity index (χ3v) is 9.56. The van der Waals surface area contributed by atoms with Crippen LogP contribution in [-0.2, 0) is 0 Å². The molecule has 0 saturated carbocycles. The van der Waals surface area contributed by atoms with E-state index in [1.807, 2.05) is 0 Å². The normalized spacial score (nSPS) is 12.9. The zero-order valence-corrected chi connectivity index (χ0v) is 29.8. The van der Waals surface area contributed by atoms with Gasteiger partial charge in [0.15, 0.2) is 0 Å². The van der Waals surface area contributed by atoms with Crippen molar-refractivity contribution in [3.8, 4) is 0 Å². The fourth-order valence-electron chi connectivity index (χ4n) is 6.87. The van der Waals surface area contributed by atoms with Crippen LogP contribution in [0.25, 0.3) is 45.6 Å². The molecule has 0 heterocycles. The molecule has 0 spiro atoms. The van der Waals surface area contributed by atoms with Crippen molar-refractivity contribution in [2.45, 2.75) is 13.8 Å². The van der Waals surface area contributed by atoms with Crippen LogP contribution in [0.5, 0.6) is 0 Å². The van der Waals surface area contributed by atoms with E-state index in [1.165, 1.54) is 55.7 Å². The average molecular weight is 667 g/mol. The maximum Gasteiger partial charge on any atom is -0.00673 e. The molecule has 0 saturated heterocycles. The van der Waals surface area contributed by atoms with E-state index in [0.717, 1.165) is 22.3 Å². The lowest BCUT2D eigenvalue weighted by Gasteiger charge is -2.22. The second kappa shape index (κ2) is 16.5. The molecule has 0 unspecified atom stereocenters. The van der Waals surface area contributed by atoms with Crippen LogP contribution in [0.2, 0.25) is 0 Å². The molecule has 7 aromatic carbocycles. The Morgan fingerprint density at radius 3 is 0.885 bits per heavy atom. The molecule has 0 aliphatic carbocycles. The summed E-state index contributed by atoms with van der Waals surface area (Å²) in [4.78, 5) is 0. The Morgan fingerprint density at radius 1 is 0.269 bits per heavy atom. The smallest absolute Gasteiger partial charge is 0.00673 e. The summed E-state index contributed by atoms with van der Waals surface area (Å²) in [6.07, 6.45) is 4.62. The van der Waals surface area contributed by atoms with Gasteiger partial charge in [-0.2, -0.15) is 0 Å². The minimum absolute atomic E-state index is 1.15. The van der Waals surface area contributed by atoms with Crippen LogP contribution in [0, 0.1) is 0 Å². The highest BCUT2D eigenvalue weighted by Gasteiger charge is 2.20. The molecule has 0 amide bonds. The number of hydrogen-bond acceptors (Lipinski definition) is 0. The van der Waals surface area contributed by atoms with Crippen molar-refractivity contribution in [2.75, 3.05) is 0 Å². The monoisotopic (exact) mass is 666 g/mol. The van der Waals surface area contributed by atoms with Gasteiger partial charge in [-0.1, -0.05) is 206 Å². The van der Waals surface area contributed by atoms with Gasteiger partial charge in [-0.25, -0.2) is 0 Å². The van der Waals surface area contributed by atoms with E-state index in [-0.39, 0.29) is 0 Å². The van der Waals surface area contributed by atoms with Crippen LogP contribution in [0.3, 0.4) is 0 Å². The van der Waals surface area contributed by atoms with Crippen LogP contribution in [0.4, 0.5) is 0 Å². The van der Waals surface area contributed by atoms with Crippen molar-refractivity contribution in [1.29, 1.82) is 0 Å². The molecule has 0 atom stereocenters. The first-order valence-corrected chi connectivity index (χ1v) is 17.9. The summed E-state index contributed by atoms with van der Waals surface area (Å²) >= 11 is 0. The SMILES string of the molecule is C/C(=C(\C(=C(/C)c1ccccc1)c1ccc(C(=Cc2ccccc2)C(=Cc2ccccc2)c2ccccc2)cc1)c1ccccc1)c1ccccc1. The van der Waals surface area contributed by atoms with Gasteiger partial charge in [0, 0.05) is 0 Å². The largest absolute Gasteiger partial charge is 0.0622 e. The molecule has 0 fully saturated rings. The third-order valence-electron chi connectivity index (χ3n) is 9.56. The maximum atomic E-state index is 2.32. The lowest BCUT2D eigenvalue weighted by Crippen LogP contribution is -1.99. The molecule has 0 N–H and O–H groups in total. The molecule has 250 valence electrons. The summed E-state index contributed by atoms with van der Waals surface area (Å²) in [5.74, 6) is 0. The van der Waals surface area contributed by atoms with Gasteiger partial charge in [-0.05, 0) is 104 Å². The van der Waals surface area contributed by atoms with Gasteiger partial charge in [0.2, 0.25) is 0 Å². The standard InChI is InChI=1S/C52H42/c1-39(43-25-13-5-14-26-43)51(47-31-19-8-20-32-47)52(40(2)44-27-15-6-16-28-44)48-35-33-46(34-36-48)50(38-42-23-11-4-12-24-42)49(45-29-17-7-18-30-45)37-41-21-9-3-10-22-41/h3-38H,1-2H3/b49-37?,50-38?,51-39+,52-40+. The van der Waals surface area contributed by atoms with Crippen molar-refractivity contribution in [1.82, 2.24) is 0 Å². The molecule has 52 heavy (non-hydrogen) atoms. The third kappa shape index (κ3) is 7.94. The van der Waals surface area contributed by atoms with E-state index in [9.17, 15) is 0 Å². The zero-order valence-electron chi connectivity index (χ0n) is 29.8. The van der Waals surface area contributed by atoms with Crippen molar-refractivity contribution < 1.29 is 0 Å². The number of hydrogen-bond donors (Lipinski definition) is 0. The molecular formula is C52H42. The quantitative estimate of drug-likeness (QED) is 0.101. The Hall–Kier alpha value is -6.50. The molecule has 0 nitrogen and oxygen atoms in total. The molecule has 0 heteroatoms. The van der Waals surface area contributed by atoms with Gasteiger partial charge < -0.3 is 0 Å². The van der Waals surface area contributed by atoms with E-state index in [0.29, 0.717) is 0 Å². The fourth-order valence-corrected chi connectivity index (χ4v) is 6.87. The Bertz CT molecular complexity index is 2330. The van der Waals surface area contributed by atoms with Crippen molar-refractivity contribution in [3.05, 3.63) is 251 Å². The van der Waals surface area contributed by atoms with E-state index in [4.69, 9.17) is 0 Å². The van der Waals surface area contributed by atoms with Gasteiger partial charge in [0.05, 0.1) is 0 Å². The second-order valence-corrected chi connectivity index (χ2v) is 13.0. The number of benzene rings is 7. The van der Waals surface area contributed by atoms with Crippen LogP contribution >= 0.6 is 0 Å². The fraction of sp³-hybridized carbons (Fsp3) is 0.0385. The highest BCUT2D eigenvalue weighted by molar-refractivity contribution is 6.21. The second-order valence-electron chi connectivity index (χ2n) is 13.0. The van der Waals surface area contributed by atoms with Gasteiger partial charge in [0.1, 0.15) is 0 Å². The highest BCUT2D eigenvalue weighted by Crippen LogP contribution is 2.43. The molecule has 0 aliphatic heterocycles. The number of allylic oxidation sites excluding steroid dienone is 6. The van der Waals surface area contributed by atoms with Gasteiger partial charge >= 0.3 is 0 Å². The highest BCUT2D eigenvalue weighted by atomic mass is 14.2. The topological polar surface area (TPSA) is 0 Å². The summed E-state index contributed by atoms with van der Waals surface area (Å²) in [6.45, 7) is 4.52. The van der Waals surface area contributed by atoms with Gasteiger partial charge in [-0.15, -0.1) is 0 Å². The molecular weight excluding hydrogens is 625 g/mol. The van der Waals surface area contributed by atoms with Gasteiger partial charge in [-0.3, -0.25) is 0 Å². The van der Waals surface area contributed by atoms with E-state index in [2.05, 4.69) is 232 Å². The van der Waals surface area contributed by atoms with Crippen molar-refractivity contribution in [3.63, 3.8) is 0 Å². The zero-order chi connectivity index (χ0) is 35.5. The summed E-state index contributed by atoms with van der Waals surface area (Å²) in [6, 6.07) is 73.5. The van der Waals surface area contributed by atoms with Crippen LogP contribution < -0.4 is 0 Å². The summed E-state index contributed by atoms with van der Waals surface area (Å²) < 4.78 is 0. The maximum absolute atomic E-state index is 2.32. The first-order chi connectivity index (χ1) is 25.7. The van der Waals surface area contributed by atoms with Crippen LogP contribution in [-0.4, -0.2) is 0 Å². The minimum atomic E-state index is 1.15. The van der Waals surface area contributed by atoms with E-state index < -0.39 is 0 Å². The molecule has 7 aromatic rings. The summed E-state index contributed by atoms with van der Waals surface area (Å²) in [5.41, 5.74) is 16.7. The molecule has 0 bridgehead atoms. The average Bonchev–Trinajstić information content (AvgIpc) is 3.23. The minimum Gasteiger partial charge on any atom is -0.0622 e. The predicted molar refractivity (Wildman–Crippen MR) is 226 cm³/mol. The van der Waals surface area contributed by atoms with E-state index >= 15 is 0 Å². The lowest BCUT2D eigenvalue weighted by molar-refractivity contribution is 1.50. The summed E-state index contributed by atoms with van der Waals surface area (Å²) in [7, 11) is 0. The Labute approximate surface area is 309 Å². The first-order valence-electron chi connectivity index (χ1n) is 17.9. The molecule has 0 aromatic heterocycles. The molecule has 0 aliphatic rings. The molecule has 7 rings (SSSR count). The number of rotatable bonds is 10. The van der Waals surface area contributed by atoms with Crippen molar-refractivity contribution in [2.24, 2.45) is 0 Å². The predicted octanol–water partition coefficient (Wildman–Crippen LogP) is 14.0. The lowest BCUT2D eigenvalue weighted by atomic mass is 9.82. The van der Waals surface area contributed by atoms with E-state index in [1.54, 1.807) is 0 Å². The van der Waals surface area contributed by atoms with Gasteiger partial charge in [0.25, 0.3) is 0 Å². The first kappa shape index (κ1) is 34.0. The van der Waals surface area contributed by atoms with Crippen LogP contribution in [0.1, 0.15) is 58.4 Å². The van der Waals surface area contributed by atoms with Crippen LogP contribution in [0.15, 0.2) is 206 Å². The summed E-state index contributed by atoms with van der Waals surface area (Å²) in [5, 5.41) is 0. The Morgan fingerprint density at radius 2 is 0.519 bits per heavy atom. The Kier molecular flexibility index (Phi) is 10.8. The van der Waals surface area contributed by atoms with Crippen molar-refractivity contribution >= 4 is 45.6 Å².